The van der Waals surface area contributed by atoms with E-state index >= 15 is 0 Å². The Kier molecular flexibility index (Phi) is 5.65. The molecular weight excluding hydrogens is 294 g/mol. The van der Waals surface area contributed by atoms with E-state index in [9.17, 15) is 9.90 Å². The Morgan fingerprint density at radius 3 is 2.52 bits per heavy atom. The average molecular weight is 321 g/mol. The van der Waals surface area contributed by atoms with Crippen molar-refractivity contribution in [2.24, 2.45) is 0 Å². The number of aliphatic hydroxyl groups is 1. The van der Waals surface area contributed by atoms with Gasteiger partial charge in [-0.1, -0.05) is 29.8 Å². The van der Waals surface area contributed by atoms with E-state index in [-0.39, 0.29) is 18.8 Å². The smallest absolute Gasteiger partial charge is 0.410 e. The summed E-state index contributed by atoms with van der Waals surface area (Å²) in [5.41, 5.74) is 1.77. The largest absolute Gasteiger partial charge is 0.444 e. The van der Waals surface area contributed by atoms with E-state index in [2.05, 4.69) is 12.1 Å². The van der Waals surface area contributed by atoms with Crippen molar-refractivity contribution in [2.45, 2.75) is 58.5 Å². The number of ether oxygens (including phenoxy) is 2. The maximum atomic E-state index is 12.2. The minimum atomic E-state index is -0.544. The van der Waals surface area contributed by atoms with Crippen LogP contribution in [0.25, 0.3) is 0 Å². The molecule has 128 valence electrons. The fourth-order valence-corrected chi connectivity index (χ4v) is 2.61. The van der Waals surface area contributed by atoms with Gasteiger partial charge in [0.25, 0.3) is 0 Å². The first-order valence-electron chi connectivity index (χ1n) is 8.06. The van der Waals surface area contributed by atoms with Gasteiger partial charge in [-0.05, 0) is 39.7 Å². The maximum absolute atomic E-state index is 12.2. The van der Waals surface area contributed by atoms with Crippen LogP contribution in [0, 0.1) is 6.92 Å². The molecule has 5 heteroatoms. The van der Waals surface area contributed by atoms with Crippen molar-refractivity contribution in [2.75, 3.05) is 13.2 Å². The van der Waals surface area contributed by atoms with Gasteiger partial charge < -0.3 is 19.5 Å². The molecule has 1 aliphatic rings. The van der Waals surface area contributed by atoms with E-state index in [1.54, 1.807) is 4.90 Å². The second-order valence-electron chi connectivity index (χ2n) is 7.12. The molecule has 1 fully saturated rings. The van der Waals surface area contributed by atoms with E-state index in [0.717, 1.165) is 5.56 Å². The molecule has 2 atom stereocenters. The second kappa shape index (κ2) is 7.32. The summed E-state index contributed by atoms with van der Waals surface area (Å²) in [5.74, 6) is 0. The first-order valence-corrected chi connectivity index (χ1v) is 8.06. The normalized spacial score (nSPS) is 21.5. The van der Waals surface area contributed by atoms with Gasteiger partial charge in [0.1, 0.15) is 5.60 Å². The Morgan fingerprint density at radius 2 is 1.96 bits per heavy atom. The van der Waals surface area contributed by atoms with E-state index in [1.165, 1.54) is 5.56 Å². The summed E-state index contributed by atoms with van der Waals surface area (Å²) in [7, 11) is 0. The summed E-state index contributed by atoms with van der Waals surface area (Å²) in [6, 6.07) is 7.94. The number of aryl methyl sites for hydroxylation is 1. The molecule has 1 heterocycles. The highest BCUT2D eigenvalue weighted by atomic mass is 16.6. The second-order valence-corrected chi connectivity index (χ2v) is 7.12. The summed E-state index contributed by atoms with van der Waals surface area (Å²) < 4.78 is 11.3. The van der Waals surface area contributed by atoms with Gasteiger partial charge in [0.15, 0.2) is 0 Å². The molecule has 0 radical (unpaired) electrons. The van der Waals surface area contributed by atoms with Gasteiger partial charge in [0, 0.05) is 0 Å². The average Bonchev–Trinajstić information content (AvgIpc) is 2.88. The van der Waals surface area contributed by atoms with Crippen molar-refractivity contribution in [1.82, 2.24) is 4.90 Å². The van der Waals surface area contributed by atoms with Crippen LogP contribution in [-0.4, -0.2) is 47.0 Å². The van der Waals surface area contributed by atoms with Gasteiger partial charge in [-0.3, -0.25) is 0 Å². The molecule has 5 nitrogen and oxygen atoms in total. The van der Waals surface area contributed by atoms with Gasteiger partial charge in [0.2, 0.25) is 0 Å². The van der Waals surface area contributed by atoms with Crippen LogP contribution in [0.1, 0.15) is 38.3 Å². The third kappa shape index (κ3) is 5.22. The molecule has 0 aliphatic carbocycles. The first kappa shape index (κ1) is 17.8. The van der Waals surface area contributed by atoms with Gasteiger partial charge in [-0.2, -0.15) is 0 Å². The molecule has 1 aliphatic heterocycles. The zero-order valence-corrected chi connectivity index (χ0v) is 14.4. The number of benzene rings is 1. The lowest BCUT2D eigenvalue weighted by Gasteiger charge is -2.27. The van der Waals surface area contributed by atoms with Gasteiger partial charge in [0.05, 0.1) is 31.9 Å². The molecule has 0 aromatic heterocycles. The molecule has 1 aromatic carbocycles. The van der Waals surface area contributed by atoms with E-state index in [0.29, 0.717) is 19.6 Å². The van der Waals surface area contributed by atoms with Crippen molar-refractivity contribution < 1.29 is 19.4 Å². The topological polar surface area (TPSA) is 59.0 Å². The fourth-order valence-electron chi connectivity index (χ4n) is 2.61. The number of hydrogen-bond acceptors (Lipinski definition) is 4. The lowest BCUT2D eigenvalue weighted by molar-refractivity contribution is 0.0121. The highest BCUT2D eigenvalue weighted by molar-refractivity contribution is 5.69. The van der Waals surface area contributed by atoms with Crippen molar-refractivity contribution in [3.8, 4) is 0 Å². The van der Waals surface area contributed by atoms with Crippen LogP contribution in [-0.2, 0) is 16.1 Å². The number of nitrogens with zero attached hydrogens (tertiary/aromatic N) is 1. The van der Waals surface area contributed by atoms with Crippen LogP contribution in [0.5, 0.6) is 0 Å². The van der Waals surface area contributed by atoms with Crippen LogP contribution < -0.4 is 0 Å². The predicted molar refractivity (Wildman–Crippen MR) is 88.2 cm³/mol. The summed E-state index contributed by atoms with van der Waals surface area (Å²) in [4.78, 5) is 13.8. The Balaban J connectivity index is 1.90. The first-order chi connectivity index (χ1) is 10.8. The molecule has 0 spiro atoms. The maximum Gasteiger partial charge on any atom is 0.410 e. The van der Waals surface area contributed by atoms with Crippen LogP contribution in [0.3, 0.4) is 0 Å². The number of carbonyl (C=O) groups excluding carboxylic acids is 1. The minimum absolute atomic E-state index is 0.0797. The molecule has 1 unspecified atom stereocenters. The number of carbonyl (C=O) groups is 1. The predicted octanol–water partition coefficient (Wildman–Crippen LogP) is 2.88. The van der Waals surface area contributed by atoms with Gasteiger partial charge >= 0.3 is 6.09 Å². The summed E-state index contributed by atoms with van der Waals surface area (Å²) in [5, 5.41) is 9.51. The standard InChI is InChI=1S/C18H27NO4/c1-13-5-7-14(8-6-13)12-22-16-9-15(11-20)19(10-16)17(21)23-18(2,3)4/h5-8,15-16,20H,9-12H2,1-4H3/t15?,16-/m1/s1. The highest BCUT2D eigenvalue weighted by Crippen LogP contribution is 2.23. The highest BCUT2D eigenvalue weighted by Gasteiger charge is 2.37. The Hall–Kier alpha value is -1.59. The van der Waals surface area contributed by atoms with Gasteiger partial charge in [-0.25, -0.2) is 4.79 Å². The molecule has 1 aromatic rings. The molecule has 2 rings (SSSR count). The van der Waals surface area contributed by atoms with Crippen LogP contribution >= 0.6 is 0 Å². The van der Waals surface area contributed by atoms with E-state index in [4.69, 9.17) is 9.47 Å². The molecule has 23 heavy (non-hydrogen) atoms. The van der Waals surface area contributed by atoms with Crippen LogP contribution in [0.4, 0.5) is 4.79 Å². The Bertz CT molecular complexity index is 521. The van der Waals surface area contributed by atoms with E-state index < -0.39 is 11.7 Å². The molecule has 1 N–H and O–H groups in total. The minimum Gasteiger partial charge on any atom is -0.444 e. The SMILES string of the molecule is Cc1ccc(CO[C@@H]2CC(CO)N(C(=O)OC(C)(C)C)C2)cc1. The summed E-state index contributed by atoms with van der Waals surface area (Å²) in [6.07, 6.45) is 0.153. The van der Waals surface area contributed by atoms with E-state index in [1.807, 2.05) is 39.8 Å². The quantitative estimate of drug-likeness (QED) is 0.926. The Morgan fingerprint density at radius 1 is 1.30 bits per heavy atom. The lowest BCUT2D eigenvalue weighted by Crippen LogP contribution is -2.41. The molecule has 1 amide bonds. The fraction of sp³-hybridized carbons (Fsp3) is 0.611. The molecule has 1 saturated heterocycles. The Labute approximate surface area is 138 Å². The molecular formula is C18H27NO4. The number of amides is 1. The third-order valence-electron chi connectivity index (χ3n) is 3.82. The third-order valence-corrected chi connectivity index (χ3v) is 3.82. The van der Waals surface area contributed by atoms with Crippen molar-refractivity contribution in [3.05, 3.63) is 35.4 Å². The summed E-state index contributed by atoms with van der Waals surface area (Å²) in [6.45, 7) is 8.42. The molecule has 0 saturated carbocycles. The zero-order valence-electron chi connectivity index (χ0n) is 14.4. The molecule has 0 bridgehead atoms. The summed E-state index contributed by atoms with van der Waals surface area (Å²) >= 11 is 0. The van der Waals surface area contributed by atoms with Crippen molar-refractivity contribution >= 4 is 6.09 Å². The number of rotatable bonds is 4. The van der Waals surface area contributed by atoms with Crippen molar-refractivity contribution in [1.29, 1.82) is 0 Å². The van der Waals surface area contributed by atoms with Crippen LogP contribution in [0.15, 0.2) is 24.3 Å². The lowest BCUT2D eigenvalue weighted by atomic mass is 10.1. The monoisotopic (exact) mass is 321 g/mol. The van der Waals surface area contributed by atoms with Crippen molar-refractivity contribution in [3.63, 3.8) is 0 Å². The number of likely N-dealkylation sites (tertiary alicyclic amines) is 1. The number of hydrogen-bond donors (Lipinski definition) is 1. The van der Waals surface area contributed by atoms with Gasteiger partial charge in [-0.15, -0.1) is 0 Å². The number of aliphatic hydroxyl groups excluding tert-OH is 1. The zero-order chi connectivity index (χ0) is 17.0. The van der Waals surface area contributed by atoms with Crippen LogP contribution in [0.2, 0.25) is 0 Å².